The van der Waals surface area contributed by atoms with Gasteiger partial charge in [-0.1, -0.05) is 182 Å². The van der Waals surface area contributed by atoms with Crippen molar-refractivity contribution in [1.82, 2.24) is 0 Å². The summed E-state index contributed by atoms with van der Waals surface area (Å²) in [6.07, 6.45) is 0. The predicted molar refractivity (Wildman–Crippen MR) is 285 cm³/mol. The molecular formula is C65H44S. The van der Waals surface area contributed by atoms with Crippen LogP contribution in [0.1, 0.15) is 5.56 Å². The number of fused-ring (bicyclic) bond motifs is 5. The van der Waals surface area contributed by atoms with Crippen molar-refractivity contribution in [3.8, 4) is 89.0 Å². The summed E-state index contributed by atoms with van der Waals surface area (Å²) in [5.74, 6) is 0. The van der Waals surface area contributed by atoms with E-state index >= 15 is 0 Å². The first kappa shape index (κ1) is 39.5. The lowest BCUT2D eigenvalue weighted by atomic mass is 9.90. The number of hydrogen-bond donors (Lipinski definition) is 0. The van der Waals surface area contributed by atoms with Gasteiger partial charge in [0.1, 0.15) is 0 Å². The third-order valence-electron chi connectivity index (χ3n) is 13.0. The van der Waals surface area contributed by atoms with E-state index in [1.54, 1.807) is 0 Å². The van der Waals surface area contributed by atoms with Gasteiger partial charge in [0, 0.05) is 25.7 Å². The van der Waals surface area contributed by atoms with Gasteiger partial charge in [-0.25, -0.2) is 0 Å². The zero-order valence-electron chi connectivity index (χ0n) is 36.6. The van der Waals surface area contributed by atoms with Gasteiger partial charge in [-0.3, -0.25) is 0 Å². The van der Waals surface area contributed by atoms with Crippen molar-refractivity contribution < 1.29 is 0 Å². The van der Waals surface area contributed by atoms with Gasteiger partial charge in [0.2, 0.25) is 0 Å². The Balaban J connectivity index is 1.02. The lowest BCUT2D eigenvalue weighted by Gasteiger charge is -2.13. The van der Waals surface area contributed by atoms with Crippen molar-refractivity contribution in [2.75, 3.05) is 0 Å². The Bertz CT molecular complexity index is 3620. The smallest absolute Gasteiger partial charge is 0.0440 e. The molecule has 1 aromatic heterocycles. The molecule has 0 nitrogen and oxygen atoms in total. The zero-order valence-corrected chi connectivity index (χ0v) is 37.4. The maximum Gasteiger partial charge on any atom is 0.0440 e. The minimum atomic E-state index is 1.20. The highest BCUT2D eigenvalue weighted by Gasteiger charge is 2.19. The normalized spacial score (nSPS) is 11.4. The van der Waals surface area contributed by atoms with Crippen LogP contribution in [0.5, 0.6) is 0 Å². The van der Waals surface area contributed by atoms with Gasteiger partial charge in [0.25, 0.3) is 0 Å². The SMILES string of the molecule is Cc1cc(-c2cccc(-c3cc(-c4ccccc4)cc(-c4ccccc4)c3)c2)c2sc3c(-c4cccc(-c5cc(-c6ccccc6)cc(-c6ccccc6)c5)c4)cc4ccccc4c3c2c1. The number of rotatable bonds is 8. The molecule has 0 bridgehead atoms. The highest BCUT2D eigenvalue weighted by Crippen LogP contribution is 2.48. The van der Waals surface area contributed by atoms with E-state index in [9.17, 15) is 0 Å². The van der Waals surface area contributed by atoms with Crippen molar-refractivity contribution >= 4 is 42.3 Å². The average Bonchev–Trinajstić information content (AvgIpc) is 3.78. The molecule has 0 aliphatic rings. The molecule has 0 atom stereocenters. The van der Waals surface area contributed by atoms with Crippen LogP contribution in [0, 0.1) is 6.92 Å². The summed E-state index contributed by atoms with van der Waals surface area (Å²) in [4.78, 5) is 0. The molecule has 11 aromatic carbocycles. The van der Waals surface area contributed by atoms with Crippen molar-refractivity contribution in [1.29, 1.82) is 0 Å². The molecule has 1 heteroatoms. The molecule has 0 saturated carbocycles. The van der Waals surface area contributed by atoms with Crippen LogP contribution in [0.25, 0.3) is 120 Å². The van der Waals surface area contributed by atoms with Crippen molar-refractivity contribution in [2.24, 2.45) is 0 Å². The molecular weight excluding hydrogens is 813 g/mol. The Morgan fingerprint density at radius 3 is 1.05 bits per heavy atom. The summed E-state index contributed by atoms with van der Waals surface area (Å²) in [5.41, 5.74) is 20.7. The van der Waals surface area contributed by atoms with Crippen LogP contribution in [-0.4, -0.2) is 0 Å². The Kier molecular flexibility index (Phi) is 10.0. The van der Waals surface area contributed by atoms with E-state index < -0.39 is 0 Å². The van der Waals surface area contributed by atoms with E-state index in [2.05, 4.69) is 256 Å². The lowest BCUT2D eigenvalue weighted by molar-refractivity contribution is 1.51. The molecule has 0 N–H and O–H groups in total. The second-order valence-corrected chi connectivity index (χ2v) is 18.4. The van der Waals surface area contributed by atoms with Crippen molar-refractivity contribution in [2.45, 2.75) is 6.92 Å². The maximum atomic E-state index is 2.42. The van der Waals surface area contributed by atoms with Crippen LogP contribution in [0.4, 0.5) is 0 Å². The van der Waals surface area contributed by atoms with E-state index in [0.29, 0.717) is 0 Å². The van der Waals surface area contributed by atoms with E-state index in [-0.39, 0.29) is 0 Å². The summed E-state index contributed by atoms with van der Waals surface area (Å²) >= 11 is 1.93. The Labute approximate surface area is 390 Å². The lowest BCUT2D eigenvalue weighted by Crippen LogP contribution is -1.88. The van der Waals surface area contributed by atoms with Gasteiger partial charge < -0.3 is 0 Å². The minimum Gasteiger partial charge on any atom is -0.134 e. The largest absolute Gasteiger partial charge is 0.134 e. The molecule has 1 heterocycles. The summed E-state index contributed by atoms with van der Waals surface area (Å²) in [7, 11) is 0. The number of thiophene rings is 1. The van der Waals surface area contributed by atoms with Crippen LogP contribution in [0.2, 0.25) is 0 Å². The first-order valence-corrected chi connectivity index (χ1v) is 23.5. The maximum absolute atomic E-state index is 2.42. The molecule has 0 saturated heterocycles. The van der Waals surface area contributed by atoms with Gasteiger partial charge >= 0.3 is 0 Å². The summed E-state index contributed by atoms with van der Waals surface area (Å²) in [5, 5.41) is 5.18. The molecule has 66 heavy (non-hydrogen) atoms. The van der Waals surface area contributed by atoms with Gasteiger partial charge in [0.05, 0.1) is 0 Å². The van der Waals surface area contributed by atoms with Gasteiger partial charge in [-0.2, -0.15) is 0 Å². The third-order valence-corrected chi connectivity index (χ3v) is 14.3. The fraction of sp³-hybridized carbons (Fsp3) is 0.0154. The Morgan fingerprint density at radius 1 is 0.242 bits per heavy atom. The molecule has 0 radical (unpaired) electrons. The van der Waals surface area contributed by atoms with Crippen LogP contribution < -0.4 is 0 Å². The van der Waals surface area contributed by atoms with E-state index in [0.717, 1.165) is 0 Å². The third kappa shape index (κ3) is 7.40. The summed E-state index contributed by atoms with van der Waals surface area (Å²) in [6, 6.07) is 91.5. The van der Waals surface area contributed by atoms with Crippen molar-refractivity contribution in [3.05, 3.63) is 254 Å². The standard InChI is InChI=1S/C65H44S/c1-43-32-60(50-29-16-27-48(34-50)57-38-53(44-18-6-2-7-19-44)36-54(39-57)45-20-8-3-9-21-45)64-62(33-43)63-59-31-15-14-26-52(59)42-61(65(63)66-64)51-30-17-28-49(35-51)58-40-55(46-22-10-4-11-23-46)37-56(41-58)47-24-12-5-13-25-47/h2-42H,1H3. The van der Waals surface area contributed by atoms with Crippen LogP contribution in [0.15, 0.2) is 249 Å². The molecule has 12 aromatic rings. The molecule has 0 unspecified atom stereocenters. The Hall–Kier alpha value is -8.10. The molecule has 12 rings (SSSR count). The molecule has 0 spiro atoms. The quantitative estimate of drug-likeness (QED) is 0.143. The molecule has 0 amide bonds. The molecule has 0 fully saturated rings. The fourth-order valence-corrected chi connectivity index (χ4v) is 11.2. The minimum absolute atomic E-state index is 1.20. The van der Waals surface area contributed by atoms with Gasteiger partial charge in [-0.15, -0.1) is 11.3 Å². The summed E-state index contributed by atoms with van der Waals surface area (Å²) in [6.45, 7) is 2.24. The van der Waals surface area contributed by atoms with Crippen LogP contribution in [-0.2, 0) is 0 Å². The van der Waals surface area contributed by atoms with E-state index in [1.165, 1.54) is 126 Å². The zero-order chi connectivity index (χ0) is 44.0. The van der Waals surface area contributed by atoms with Gasteiger partial charge in [0.15, 0.2) is 0 Å². The predicted octanol–water partition coefficient (Wildman–Crippen LogP) is 18.9. The van der Waals surface area contributed by atoms with E-state index in [4.69, 9.17) is 0 Å². The average molecular weight is 857 g/mol. The Morgan fingerprint density at radius 2 is 0.591 bits per heavy atom. The second-order valence-electron chi connectivity index (χ2n) is 17.4. The highest BCUT2D eigenvalue weighted by molar-refractivity contribution is 7.27. The van der Waals surface area contributed by atoms with Gasteiger partial charge in [-0.05, 0) is 173 Å². The summed E-state index contributed by atoms with van der Waals surface area (Å²) < 4.78 is 2.63. The highest BCUT2D eigenvalue weighted by atomic mass is 32.1. The number of benzene rings is 11. The molecule has 310 valence electrons. The molecule has 0 aliphatic heterocycles. The second kappa shape index (κ2) is 16.8. The first-order chi connectivity index (χ1) is 32.6. The van der Waals surface area contributed by atoms with Crippen molar-refractivity contribution in [3.63, 3.8) is 0 Å². The number of hydrogen-bond acceptors (Lipinski definition) is 1. The monoisotopic (exact) mass is 856 g/mol. The van der Waals surface area contributed by atoms with E-state index in [1.807, 2.05) is 11.3 Å². The topological polar surface area (TPSA) is 0 Å². The van der Waals surface area contributed by atoms with Crippen LogP contribution in [0.3, 0.4) is 0 Å². The molecule has 0 aliphatic carbocycles. The fourth-order valence-electron chi connectivity index (χ4n) is 9.81. The number of aryl methyl sites for hydroxylation is 1. The van der Waals surface area contributed by atoms with Crippen LogP contribution >= 0.6 is 11.3 Å². The first-order valence-electron chi connectivity index (χ1n) is 22.7.